The first-order chi connectivity index (χ1) is 15.2. The highest BCUT2D eigenvalue weighted by Gasteiger charge is 2.28. The molecular weight excluding hydrogens is 445 g/mol. The molecule has 1 saturated carbocycles. The molecule has 4 rings (SSSR count). The summed E-state index contributed by atoms with van der Waals surface area (Å²) in [5, 5.41) is 13.8. The molecule has 0 radical (unpaired) electrons. The maximum Gasteiger partial charge on any atom is 0.430 e. The fourth-order valence-corrected chi connectivity index (χ4v) is 4.18. The zero-order chi connectivity index (χ0) is 23.1. The summed E-state index contributed by atoms with van der Waals surface area (Å²) in [7, 11) is 0. The van der Waals surface area contributed by atoms with E-state index in [9.17, 15) is 18.0 Å². The first-order valence-electron chi connectivity index (χ1n) is 10.2. The predicted molar refractivity (Wildman–Crippen MR) is 111 cm³/mol. The largest absolute Gasteiger partial charge is 0.542 e. The molecule has 2 heterocycles. The number of fused-ring (bicyclic) bond motifs is 1. The molecule has 0 saturated heterocycles. The SMILES string of the molecule is O=C(CCC1CCCCC1)Nc1ccc2[nH+]c(-c3cscn3)[nH]c2c1.O=C([O-])C(F)(F)F. The monoisotopic (exact) mass is 468 g/mol. The number of carbonyl (C=O) groups excluding carboxylic acids is 2. The van der Waals surface area contributed by atoms with E-state index in [2.05, 4.69) is 20.3 Å². The van der Waals surface area contributed by atoms with Crippen LogP contribution in [0.2, 0.25) is 0 Å². The third kappa shape index (κ3) is 6.78. The average Bonchev–Trinajstić information content (AvgIpc) is 3.42. The number of thiazole rings is 1. The van der Waals surface area contributed by atoms with Crippen molar-refractivity contribution in [1.82, 2.24) is 9.97 Å². The van der Waals surface area contributed by atoms with E-state index in [1.165, 1.54) is 32.1 Å². The van der Waals surface area contributed by atoms with Crippen LogP contribution in [-0.2, 0) is 9.59 Å². The van der Waals surface area contributed by atoms with Gasteiger partial charge in [0.2, 0.25) is 5.91 Å². The van der Waals surface area contributed by atoms with Crippen molar-refractivity contribution in [3.8, 4) is 11.5 Å². The Kier molecular flexibility index (Phi) is 7.84. The van der Waals surface area contributed by atoms with Gasteiger partial charge in [-0.1, -0.05) is 32.1 Å². The highest BCUT2D eigenvalue weighted by Crippen LogP contribution is 2.27. The van der Waals surface area contributed by atoms with E-state index in [0.717, 1.165) is 40.6 Å². The summed E-state index contributed by atoms with van der Waals surface area (Å²) in [6, 6.07) is 5.90. The number of hydrogen-bond donors (Lipinski definition) is 2. The van der Waals surface area contributed by atoms with Crippen LogP contribution in [0.3, 0.4) is 0 Å². The van der Waals surface area contributed by atoms with Gasteiger partial charge >= 0.3 is 12.0 Å². The molecule has 0 unspecified atom stereocenters. The third-order valence-electron chi connectivity index (χ3n) is 5.25. The molecule has 3 N–H and O–H groups in total. The molecule has 1 aromatic carbocycles. The number of halogens is 3. The van der Waals surface area contributed by atoms with Crippen LogP contribution in [-0.4, -0.2) is 28.0 Å². The first-order valence-corrected chi connectivity index (χ1v) is 11.2. The number of amides is 1. The van der Waals surface area contributed by atoms with Crippen LogP contribution in [0.4, 0.5) is 18.9 Å². The summed E-state index contributed by atoms with van der Waals surface area (Å²) in [6.45, 7) is 0. The Morgan fingerprint density at radius 2 is 1.97 bits per heavy atom. The van der Waals surface area contributed by atoms with E-state index >= 15 is 0 Å². The lowest BCUT2D eigenvalue weighted by Gasteiger charge is -2.20. The third-order valence-corrected chi connectivity index (χ3v) is 5.83. The van der Waals surface area contributed by atoms with Gasteiger partial charge in [0.15, 0.2) is 16.7 Å². The predicted octanol–water partition coefficient (Wildman–Crippen LogP) is 3.70. The van der Waals surface area contributed by atoms with Crippen LogP contribution in [0.25, 0.3) is 22.6 Å². The number of carboxylic acid groups (broad SMARTS) is 1. The average molecular weight is 469 g/mol. The number of carboxylic acids is 1. The number of H-pyrrole nitrogens is 2. The molecule has 172 valence electrons. The quantitative estimate of drug-likeness (QED) is 0.595. The number of anilines is 1. The molecule has 7 nitrogen and oxygen atoms in total. The number of benzene rings is 1. The molecule has 1 aliphatic carbocycles. The van der Waals surface area contributed by atoms with Gasteiger partial charge in [-0.3, -0.25) is 4.79 Å². The number of alkyl halides is 3. The minimum atomic E-state index is -5.19. The maximum atomic E-state index is 12.2. The number of hydrogen-bond acceptors (Lipinski definition) is 5. The molecule has 2 aromatic heterocycles. The van der Waals surface area contributed by atoms with E-state index in [1.54, 1.807) is 11.3 Å². The van der Waals surface area contributed by atoms with Crippen molar-refractivity contribution in [2.75, 3.05) is 5.32 Å². The summed E-state index contributed by atoms with van der Waals surface area (Å²) in [4.78, 5) is 32.0. The summed E-state index contributed by atoms with van der Waals surface area (Å²) >= 11 is 1.56. The van der Waals surface area contributed by atoms with Gasteiger partial charge in [0, 0.05) is 23.6 Å². The normalized spacial score (nSPS) is 14.6. The number of nitrogens with one attached hydrogen (secondary N) is 3. The summed E-state index contributed by atoms with van der Waals surface area (Å²) in [6.07, 6.45) is 3.02. The van der Waals surface area contributed by atoms with Crippen LogP contribution in [0.15, 0.2) is 29.1 Å². The van der Waals surface area contributed by atoms with Crippen molar-refractivity contribution in [1.29, 1.82) is 0 Å². The van der Waals surface area contributed by atoms with Crippen molar-refractivity contribution in [2.24, 2.45) is 5.92 Å². The van der Waals surface area contributed by atoms with Crippen molar-refractivity contribution >= 4 is 39.9 Å². The topological polar surface area (TPSA) is 112 Å². The molecule has 1 aliphatic rings. The molecular formula is C21H23F3N4O3S. The number of aromatic nitrogens is 3. The van der Waals surface area contributed by atoms with Gasteiger partial charge in [0.25, 0.3) is 0 Å². The lowest BCUT2D eigenvalue weighted by atomic mass is 9.86. The van der Waals surface area contributed by atoms with Gasteiger partial charge in [-0.2, -0.15) is 13.2 Å². The second kappa shape index (κ2) is 10.6. The highest BCUT2D eigenvalue weighted by molar-refractivity contribution is 7.07. The number of aliphatic carboxylic acids is 1. The van der Waals surface area contributed by atoms with Crippen LogP contribution in [0.5, 0.6) is 0 Å². The van der Waals surface area contributed by atoms with E-state index in [4.69, 9.17) is 9.90 Å². The van der Waals surface area contributed by atoms with Gasteiger partial charge in [0.1, 0.15) is 5.97 Å². The second-order valence-corrected chi connectivity index (χ2v) is 8.35. The van der Waals surface area contributed by atoms with E-state index in [0.29, 0.717) is 6.42 Å². The van der Waals surface area contributed by atoms with Gasteiger partial charge in [-0.05, 0) is 24.5 Å². The van der Waals surface area contributed by atoms with Crippen LogP contribution >= 0.6 is 11.3 Å². The summed E-state index contributed by atoms with van der Waals surface area (Å²) in [5.74, 6) is -1.27. The number of rotatable bonds is 5. The Hall–Kier alpha value is -2.95. The highest BCUT2D eigenvalue weighted by atomic mass is 32.1. The van der Waals surface area contributed by atoms with Crippen molar-refractivity contribution in [3.05, 3.63) is 29.1 Å². The lowest BCUT2D eigenvalue weighted by Crippen LogP contribution is -2.37. The zero-order valence-corrected chi connectivity index (χ0v) is 17.9. The molecule has 1 amide bonds. The lowest BCUT2D eigenvalue weighted by molar-refractivity contribution is -0.344. The Labute approximate surface area is 186 Å². The smallest absolute Gasteiger partial charge is 0.430 e. The standard InChI is InChI=1S/C19H22N4OS.C2HF3O2/c24-18(9-6-13-4-2-1-3-5-13)21-14-7-8-15-16(10-14)23-19(22-15)17-11-25-12-20-17;3-2(4,5)1(6)7/h7-8,10-13H,1-6,9H2,(H,21,24)(H,22,23);(H,6,7). The minimum absolute atomic E-state index is 0.111. The van der Waals surface area contributed by atoms with Crippen LogP contribution in [0, 0.1) is 5.92 Å². The minimum Gasteiger partial charge on any atom is -0.542 e. The molecule has 0 spiro atoms. The fraction of sp³-hybridized carbons (Fsp3) is 0.429. The number of nitrogens with zero attached hydrogens (tertiary/aromatic N) is 1. The Morgan fingerprint density at radius 3 is 2.59 bits per heavy atom. The maximum absolute atomic E-state index is 12.2. The molecule has 0 aliphatic heterocycles. The Morgan fingerprint density at radius 1 is 1.25 bits per heavy atom. The number of carbonyl (C=O) groups is 2. The molecule has 32 heavy (non-hydrogen) atoms. The van der Waals surface area contributed by atoms with Crippen LogP contribution in [0.1, 0.15) is 44.9 Å². The van der Waals surface area contributed by atoms with Crippen molar-refractivity contribution in [2.45, 2.75) is 51.1 Å². The second-order valence-electron chi connectivity index (χ2n) is 7.64. The Bertz CT molecular complexity index is 1040. The molecule has 0 bridgehead atoms. The zero-order valence-electron chi connectivity index (χ0n) is 17.1. The molecule has 1 fully saturated rings. The number of imidazole rings is 1. The Balaban J connectivity index is 0.000000360. The number of aromatic amines is 2. The van der Waals surface area contributed by atoms with E-state index in [-0.39, 0.29) is 5.91 Å². The van der Waals surface area contributed by atoms with E-state index in [1.807, 2.05) is 29.1 Å². The molecule has 3 aromatic rings. The summed E-state index contributed by atoms with van der Waals surface area (Å²) in [5.41, 5.74) is 5.52. The van der Waals surface area contributed by atoms with Gasteiger partial charge in [-0.25, -0.2) is 15.0 Å². The van der Waals surface area contributed by atoms with Gasteiger partial charge in [-0.15, -0.1) is 11.3 Å². The van der Waals surface area contributed by atoms with Crippen molar-refractivity contribution < 1.29 is 32.9 Å². The summed E-state index contributed by atoms with van der Waals surface area (Å²) < 4.78 is 31.5. The first kappa shape index (κ1) is 23.7. The fourth-order valence-electron chi connectivity index (χ4n) is 3.63. The van der Waals surface area contributed by atoms with Crippen molar-refractivity contribution in [3.63, 3.8) is 0 Å². The van der Waals surface area contributed by atoms with Crippen LogP contribution < -0.4 is 15.4 Å². The van der Waals surface area contributed by atoms with E-state index < -0.39 is 12.1 Å². The molecule has 0 atom stereocenters. The van der Waals surface area contributed by atoms with Gasteiger partial charge < -0.3 is 15.2 Å². The van der Waals surface area contributed by atoms with Gasteiger partial charge in [0.05, 0.1) is 5.51 Å². The molecule has 11 heteroatoms.